The van der Waals surface area contributed by atoms with E-state index in [1.54, 1.807) is 0 Å². The number of hydrogen-bond donors (Lipinski definition) is 0. The first-order valence-electron chi connectivity index (χ1n) is 6.05. The molecular weight excluding hydrogens is 339 g/mol. The van der Waals surface area contributed by atoms with E-state index in [1.165, 1.54) is 0 Å². The normalized spacial score (nSPS) is 12.4. The third-order valence-corrected chi connectivity index (χ3v) is 3.32. The van der Waals surface area contributed by atoms with Crippen molar-refractivity contribution in [3.8, 4) is 0 Å². The third-order valence-electron chi connectivity index (χ3n) is 2.42. The van der Waals surface area contributed by atoms with E-state index in [2.05, 4.69) is 43.4 Å². The van der Waals surface area contributed by atoms with E-state index in [0.29, 0.717) is 5.56 Å². The van der Waals surface area contributed by atoms with E-state index in [4.69, 9.17) is 4.74 Å². The molecule has 0 fully saturated rings. The zero-order valence-corrected chi connectivity index (χ0v) is 14.1. The van der Waals surface area contributed by atoms with Gasteiger partial charge in [-0.1, -0.05) is 32.9 Å². The Bertz CT molecular complexity index is 451. The summed E-state index contributed by atoms with van der Waals surface area (Å²) in [7, 11) is 0. The van der Waals surface area contributed by atoms with Gasteiger partial charge in [-0.15, -0.1) is 0 Å². The first-order chi connectivity index (χ1) is 8.02. The Morgan fingerprint density at radius 3 is 2.11 bits per heavy atom. The highest BCUT2D eigenvalue weighted by Crippen LogP contribution is 2.30. The molecule has 0 amide bonds. The summed E-state index contributed by atoms with van der Waals surface area (Å²) in [6.45, 7) is 12.0. The monoisotopic (exact) mass is 360 g/mol. The molecule has 0 radical (unpaired) electrons. The Balaban J connectivity index is 3.27. The summed E-state index contributed by atoms with van der Waals surface area (Å²) in [4.78, 5) is 12.3. The molecule has 2 nitrogen and oxygen atoms in total. The highest BCUT2D eigenvalue weighted by atomic mass is 127. The van der Waals surface area contributed by atoms with Gasteiger partial charge in [0.2, 0.25) is 0 Å². The van der Waals surface area contributed by atoms with Gasteiger partial charge >= 0.3 is 5.97 Å². The Kier molecular flexibility index (Phi) is 4.47. The molecule has 1 aromatic carbocycles. The summed E-state index contributed by atoms with van der Waals surface area (Å²) < 4.78 is 6.44. The van der Waals surface area contributed by atoms with Crippen molar-refractivity contribution >= 4 is 28.6 Å². The first-order valence-corrected chi connectivity index (χ1v) is 7.12. The molecule has 0 heterocycles. The zero-order chi connectivity index (χ0) is 14.1. The Morgan fingerprint density at radius 1 is 1.11 bits per heavy atom. The van der Waals surface area contributed by atoms with Crippen molar-refractivity contribution in [3.05, 3.63) is 32.9 Å². The molecule has 0 spiro atoms. The molecule has 1 aromatic rings. The van der Waals surface area contributed by atoms with Crippen LogP contribution in [0.4, 0.5) is 0 Å². The quantitative estimate of drug-likeness (QED) is 0.543. The molecule has 0 N–H and O–H groups in total. The molecule has 0 aliphatic carbocycles. The molecule has 18 heavy (non-hydrogen) atoms. The number of carbonyl (C=O) groups is 1. The van der Waals surface area contributed by atoms with Crippen LogP contribution < -0.4 is 0 Å². The minimum atomic E-state index is -0.467. The van der Waals surface area contributed by atoms with E-state index in [9.17, 15) is 4.79 Å². The minimum absolute atomic E-state index is 0.0760. The van der Waals surface area contributed by atoms with Gasteiger partial charge < -0.3 is 4.74 Å². The second kappa shape index (κ2) is 5.19. The average molecular weight is 360 g/mol. The van der Waals surface area contributed by atoms with Crippen molar-refractivity contribution in [2.75, 3.05) is 0 Å². The standard InChI is InChI=1S/C15H21IO2/c1-14(2,3)10-8-7-9-11(16)12(10)13(17)18-15(4,5)6/h7-9H,1-6H3. The van der Waals surface area contributed by atoms with E-state index in [1.807, 2.05) is 39.0 Å². The molecule has 0 saturated carbocycles. The van der Waals surface area contributed by atoms with Gasteiger partial charge in [-0.2, -0.15) is 0 Å². The van der Waals surface area contributed by atoms with E-state index in [-0.39, 0.29) is 11.4 Å². The second-order valence-corrected chi connectivity index (χ2v) is 7.58. The fraction of sp³-hybridized carbons (Fsp3) is 0.533. The van der Waals surface area contributed by atoms with E-state index < -0.39 is 5.60 Å². The number of esters is 1. The van der Waals surface area contributed by atoms with Crippen LogP contribution in [0.3, 0.4) is 0 Å². The van der Waals surface area contributed by atoms with Crippen LogP contribution in [0, 0.1) is 3.57 Å². The highest BCUT2D eigenvalue weighted by molar-refractivity contribution is 14.1. The zero-order valence-electron chi connectivity index (χ0n) is 11.9. The minimum Gasteiger partial charge on any atom is -0.456 e. The molecule has 3 heteroatoms. The molecule has 100 valence electrons. The number of rotatable bonds is 1. The first kappa shape index (κ1) is 15.5. The summed E-state index contributed by atoms with van der Waals surface area (Å²) in [6.07, 6.45) is 0. The SMILES string of the molecule is CC(C)(C)OC(=O)c1c(I)cccc1C(C)(C)C. The van der Waals surface area contributed by atoms with Crippen LogP contribution in [-0.2, 0) is 10.2 Å². The van der Waals surface area contributed by atoms with Crippen LogP contribution in [0.15, 0.2) is 18.2 Å². The molecule has 0 saturated heterocycles. The number of halogens is 1. The Labute approximate surface area is 123 Å². The second-order valence-electron chi connectivity index (χ2n) is 6.41. The van der Waals surface area contributed by atoms with Crippen molar-refractivity contribution in [2.45, 2.75) is 52.6 Å². The predicted molar refractivity (Wildman–Crippen MR) is 83.0 cm³/mol. The van der Waals surface area contributed by atoms with Crippen molar-refractivity contribution in [2.24, 2.45) is 0 Å². The topological polar surface area (TPSA) is 26.3 Å². The molecule has 0 aliphatic heterocycles. The third kappa shape index (κ3) is 3.97. The number of carbonyl (C=O) groups excluding carboxylic acids is 1. The van der Waals surface area contributed by atoms with Gasteiger partial charge in [0.1, 0.15) is 5.60 Å². The fourth-order valence-corrected chi connectivity index (χ4v) is 2.40. The lowest BCUT2D eigenvalue weighted by Gasteiger charge is -2.25. The van der Waals surface area contributed by atoms with Gasteiger partial charge in [-0.05, 0) is 60.4 Å². The Morgan fingerprint density at radius 2 is 1.67 bits per heavy atom. The maximum atomic E-state index is 12.3. The van der Waals surface area contributed by atoms with Gasteiger partial charge in [0, 0.05) is 3.57 Å². The molecule has 0 bridgehead atoms. The maximum Gasteiger partial charge on any atom is 0.340 e. The summed E-state index contributed by atoms with van der Waals surface area (Å²) >= 11 is 2.19. The fourth-order valence-electron chi connectivity index (χ4n) is 1.69. The van der Waals surface area contributed by atoms with Crippen LogP contribution in [0.5, 0.6) is 0 Å². The van der Waals surface area contributed by atoms with Crippen LogP contribution in [0.2, 0.25) is 0 Å². The Hall–Kier alpha value is -0.580. The van der Waals surface area contributed by atoms with Gasteiger partial charge in [0.05, 0.1) is 5.56 Å². The van der Waals surface area contributed by atoms with Crippen LogP contribution in [-0.4, -0.2) is 11.6 Å². The van der Waals surface area contributed by atoms with E-state index in [0.717, 1.165) is 9.13 Å². The molecule has 1 rings (SSSR count). The largest absolute Gasteiger partial charge is 0.456 e. The van der Waals surface area contributed by atoms with Crippen molar-refractivity contribution < 1.29 is 9.53 Å². The van der Waals surface area contributed by atoms with Crippen molar-refractivity contribution in [3.63, 3.8) is 0 Å². The summed E-state index contributed by atoms with van der Waals surface area (Å²) in [6, 6.07) is 5.92. The van der Waals surface area contributed by atoms with Gasteiger partial charge in [-0.25, -0.2) is 4.79 Å². The maximum absolute atomic E-state index is 12.3. The molecule has 0 aliphatic rings. The molecule has 0 atom stereocenters. The van der Waals surface area contributed by atoms with Gasteiger partial charge in [0.15, 0.2) is 0 Å². The van der Waals surface area contributed by atoms with E-state index >= 15 is 0 Å². The smallest absolute Gasteiger partial charge is 0.340 e. The number of benzene rings is 1. The summed E-state index contributed by atoms with van der Waals surface area (Å²) in [5, 5.41) is 0. The predicted octanol–water partition coefficient (Wildman–Crippen LogP) is 4.54. The van der Waals surface area contributed by atoms with Crippen LogP contribution in [0.25, 0.3) is 0 Å². The van der Waals surface area contributed by atoms with Crippen molar-refractivity contribution in [1.82, 2.24) is 0 Å². The molecule has 0 aromatic heterocycles. The van der Waals surface area contributed by atoms with Gasteiger partial charge in [0.25, 0.3) is 0 Å². The van der Waals surface area contributed by atoms with Gasteiger partial charge in [-0.3, -0.25) is 0 Å². The van der Waals surface area contributed by atoms with Crippen LogP contribution >= 0.6 is 22.6 Å². The lowest BCUT2D eigenvalue weighted by atomic mass is 9.84. The summed E-state index contributed by atoms with van der Waals surface area (Å²) in [5.41, 5.74) is 1.18. The average Bonchev–Trinajstić information content (AvgIpc) is 2.12. The molecular formula is C15H21IO2. The lowest BCUT2D eigenvalue weighted by Crippen LogP contribution is -2.27. The lowest BCUT2D eigenvalue weighted by molar-refractivity contribution is 0.00657. The van der Waals surface area contributed by atoms with Crippen LogP contribution in [0.1, 0.15) is 57.5 Å². The number of hydrogen-bond acceptors (Lipinski definition) is 2. The molecule has 0 unspecified atom stereocenters. The van der Waals surface area contributed by atoms with Crippen molar-refractivity contribution in [1.29, 1.82) is 0 Å². The summed E-state index contributed by atoms with van der Waals surface area (Å²) in [5.74, 6) is -0.238. The highest BCUT2D eigenvalue weighted by Gasteiger charge is 2.27. The number of ether oxygens (including phenoxy) is 1.